The Morgan fingerprint density at radius 2 is 1.92 bits per heavy atom. The maximum absolute atomic E-state index is 12.4. The Hall–Kier alpha value is -2.73. The van der Waals surface area contributed by atoms with Gasteiger partial charge < -0.3 is 19.9 Å². The van der Waals surface area contributed by atoms with Crippen LogP contribution in [0.1, 0.15) is 17.5 Å². The Morgan fingerprint density at radius 3 is 2.69 bits per heavy atom. The molecule has 0 spiro atoms. The molecule has 0 bridgehead atoms. The third-order valence-corrected chi connectivity index (χ3v) is 4.38. The van der Waals surface area contributed by atoms with Crippen molar-refractivity contribution in [3.63, 3.8) is 0 Å². The molecule has 2 aromatic carbocycles. The molecule has 2 N–H and O–H groups in total. The van der Waals surface area contributed by atoms with E-state index in [0.29, 0.717) is 22.9 Å². The average molecular weight is 376 g/mol. The van der Waals surface area contributed by atoms with E-state index in [2.05, 4.69) is 5.32 Å². The van der Waals surface area contributed by atoms with Crippen LogP contribution in [0.25, 0.3) is 0 Å². The predicted octanol–water partition coefficient (Wildman–Crippen LogP) is 2.81. The van der Waals surface area contributed by atoms with Crippen LogP contribution in [0.2, 0.25) is 5.02 Å². The lowest BCUT2D eigenvalue weighted by molar-refractivity contribution is -0.137. The first-order valence-corrected chi connectivity index (χ1v) is 8.52. The van der Waals surface area contributed by atoms with Crippen LogP contribution in [0, 0.1) is 0 Å². The summed E-state index contributed by atoms with van der Waals surface area (Å²) in [5, 5.41) is 12.5. The van der Waals surface area contributed by atoms with Crippen molar-refractivity contribution in [2.45, 2.75) is 25.3 Å². The fraction of sp³-hybridized carbons (Fsp3) is 0.263. The molecule has 0 saturated heterocycles. The highest BCUT2D eigenvalue weighted by atomic mass is 35.5. The number of benzene rings is 2. The van der Waals surface area contributed by atoms with Crippen LogP contribution >= 0.6 is 11.6 Å². The smallest absolute Gasteiger partial charge is 0.305 e. The number of carboxylic acids is 1. The zero-order chi connectivity index (χ0) is 18.5. The molecule has 2 aromatic rings. The van der Waals surface area contributed by atoms with E-state index < -0.39 is 12.0 Å². The summed E-state index contributed by atoms with van der Waals surface area (Å²) in [6.07, 6.45) is 0.284. The number of halogens is 1. The molecule has 1 aliphatic heterocycles. The molecule has 136 valence electrons. The van der Waals surface area contributed by atoms with Crippen LogP contribution < -0.4 is 14.8 Å². The zero-order valence-corrected chi connectivity index (χ0v) is 14.7. The Morgan fingerprint density at radius 1 is 1.15 bits per heavy atom. The highest BCUT2D eigenvalue weighted by Crippen LogP contribution is 2.32. The average Bonchev–Trinajstić information content (AvgIpc) is 3.04. The minimum absolute atomic E-state index is 0.120. The summed E-state index contributed by atoms with van der Waals surface area (Å²) in [5.74, 6) is 0.0117. The first-order valence-electron chi connectivity index (χ1n) is 8.14. The van der Waals surface area contributed by atoms with Gasteiger partial charge >= 0.3 is 5.97 Å². The lowest BCUT2D eigenvalue weighted by Gasteiger charge is -2.18. The van der Waals surface area contributed by atoms with Gasteiger partial charge in [0.05, 0.1) is 12.8 Å². The van der Waals surface area contributed by atoms with Crippen molar-refractivity contribution in [3.8, 4) is 11.5 Å². The van der Waals surface area contributed by atoms with E-state index in [1.54, 1.807) is 30.3 Å². The number of carbonyl (C=O) groups excluding carboxylic acids is 1. The number of hydrogen-bond donors (Lipinski definition) is 2. The molecule has 6 nitrogen and oxygen atoms in total. The van der Waals surface area contributed by atoms with Gasteiger partial charge in [0.1, 0.15) is 0 Å². The molecule has 0 saturated carbocycles. The monoisotopic (exact) mass is 375 g/mol. The van der Waals surface area contributed by atoms with Crippen LogP contribution in [0.5, 0.6) is 11.5 Å². The molecule has 26 heavy (non-hydrogen) atoms. The number of aliphatic carboxylic acids is 1. The van der Waals surface area contributed by atoms with E-state index in [-0.39, 0.29) is 25.5 Å². The Balaban J connectivity index is 1.65. The Kier molecular flexibility index (Phi) is 5.63. The highest BCUT2D eigenvalue weighted by molar-refractivity contribution is 6.31. The fourth-order valence-corrected chi connectivity index (χ4v) is 3.04. The van der Waals surface area contributed by atoms with E-state index in [1.807, 2.05) is 12.1 Å². The molecule has 0 fully saturated rings. The number of amides is 1. The maximum atomic E-state index is 12.4. The molecule has 1 amide bonds. The van der Waals surface area contributed by atoms with Crippen molar-refractivity contribution in [2.24, 2.45) is 0 Å². The molecule has 0 aromatic heterocycles. The topological polar surface area (TPSA) is 84.9 Å². The normalized spacial score (nSPS) is 13.3. The maximum Gasteiger partial charge on any atom is 0.305 e. The standard InChI is InChI=1S/C19H18ClNO5/c20-15-4-2-1-3-13(15)9-14(10-19(23)24)21-18(22)8-12-5-6-16-17(7-12)26-11-25-16/h1-7,14H,8-11H2,(H,21,22)(H,23,24). The zero-order valence-electron chi connectivity index (χ0n) is 13.9. The van der Waals surface area contributed by atoms with Crippen molar-refractivity contribution < 1.29 is 24.2 Å². The van der Waals surface area contributed by atoms with E-state index in [0.717, 1.165) is 11.1 Å². The first-order chi connectivity index (χ1) is 12.5. The number of rotatable bonds is 7. The van der Waals surface area contributed by atoms with Gasteiger partial charge in [0.25, 0.3) is 0 Å². The van der Waals surface area contributed by atoms with Gasteiger partial charge in [-0.05, 0) is 35.7 Å². The number of hydrogen-bond acceptors (Lipinski definition) is 4. The lowest BCUT2D eigenvalue weighted by atomic mass is 10.0. The SMILES string of the molecule is O=C(O)CC(Cc1ccccc1Cl)NC(=O)Cc1ccc2c(c1)OCO2. The molecular formula is C19H18ClNO5. The predicted molar refractivity (Wildman–Crippen MR) is 95.6 cm³/mol. The van der Waals surface area contributed by atoms with Crippen molar-refractivity contribution in [3.05, 3.63) is 58.6 Å². The van der Waals surface area contributed by atoms with E-state index in [9.17, 15) is 9.59 Å². The summed E-state index contributed by atoms with van der Waals surface area (Å²) in [7, 11) is 0. The molecule has 7 heteroatoms. The van der Waals surface area contributed by atoms with Crippen LogP contribution in [0.4, 0.5) is 0 Å². The first kappa shape index (κ1) is 18.1. The number of ether oxygens (including phenoxy) is 2. The molecule has 0 aliphatic carbocycles. The van der Waals surface area contributed by atoms with Crippen molar-refractivity contribution in [1.29, 1.82) is 0 Å². The summed E-state index contributed by atoms with van der Waals surface area (Å²) in [5.41, 5.74) is 1.56. The van der Waals surface area contributed by atoms with Gasteiger partial charge in [-0.2, -0.15) is 0 Å². The van der Waals surface area contributed by atoms with Gasteiger partial charge in [-0.25, -0.2) is 0 Å². The van der Waals surface area contributed by atoms with Gasteiger partial charge in [0.15, 0.2) is 11.5 Å². The molecule has 1 heterocycles. The molecule has 3 rings (SSSR count). The number of carboxylic acid groups (broad SMARTS) is 1. The molecular weight excluding hydrogens is 358 g/mol. The summed E-state index contributed by atoms with van der Waals surface area (Å²) in [6.45, 7) is 0.170. The molecule has 1 atom stereocenters. The summed E-state index contributed by atoms with van der Waals surface area (Å²) in [6, 6.07) is 11.9. The third-order valence-electron chi connectivity index (χ3n) is 4.01. The van der Waals surface area contributed by atoms with Crippen molar-refractivity contribution in [2.75, 3.05) is 6.79 Å². The van der Waals surface area contributed by atoms with Gasteiger partial charge in [-0.15, -0.1) is 0 Å². The van der Waals surface area contributed by atoms with Crippen LogP contribution in [0.15, 0.2) is 42.5 Å². The minimum atomic E-state index is -0.981. The molecule has 0 radical (unpaired) electrons. The number of fused-ring (bicyclic) bond motifs is 1. The number of nitrogens with one attached hydrogen (secondary N) is 1. The second-order valence-corrected chi connectivity index (χ2v) is 6.43. The van der Waals surface area contributed by atoms with E-state index >= 15 is 0 Å². The third kappa shape index (κ3) is 4.67. The summed E-state index contributed by atoms with van der Waals surface area (Å²) >= 11 is 6.14. The molecule has 1 unspecified atom stereocenters. The largest absolute Gasteiger partial charge is 0.481 e. The second-order valence-electron chi connectivity index (χ2n) is 6.02. The van der Waals surface area contributed by atoms with Gasteiger partial charge in [0, 0.05) is 11.1 Å². The summed E-state index contributed by atoms with van der Waals surface area (Å²) < 4.78 is 10.5. The minimum Gasteiger partial charge on any atom is -0.481 e. The summed E-state index contributed by atoms with van der Waals surface area (Å²) in [4.78, 5) is 23.5. The highest BCUT2D eigenvalue weighted by Gasteiger charge is 2.19. The van der Waals surface area contributed by atoms with Crippen LogP contribution in [0.3, 0.4) is 0 Å². The Bertz CT molecular complexity index is 823. The van der Waals surface area contributed by atoms with Crippen LogP contribution in [-0.2, 0) is 22.4 Å². The Labute approximate surface area is 155 Å². The van der Waals surface area contributed by atoms with E-state index in [4.69, 9.17) is 26.2 Å². The number of carbonyl (C=O) groups is 2. The van der Waals surface area contributed by atoms with Crippen molar-refractivity contribution in [1.82, 2.24) is 5.32 Å². The molecule has 1 aliphatic rings. The van der Waals surface area contributed by atoms with Crippen LogP contribution in [-0.4, -0.2) is 29.8 Å². The van der Waals surface area contributed by atoms with Gasteiger partial charge in [-0.3, -0.25) is 9.59 Å². The van der Waals surface area contributed by atoms with E-state index in [1.165, 1.54) is 0 Å². The van der Waals surface area contributed by atoms with Crippen molar-refractivity contribution >= 4 is 23.5 Å². The van der Waals surface area contributed by atoms with Gasteiger partial charge in [-0.1, -0.05) is 35.9 Å². The van der Waals surface area contributed by atoms with Gasteiger partial charge in [0.2, 0.25) is 12.7 Å². The fourth-order valence-electron chi connectivity index (χ4n) is 2.83. The quantitative estimate of drug-likeness (QED) is 0.777. The lowest BCUT2D eigenvalue weighted by Crippen LogP contribution is -2.39. The second kappa shape index (κ2) is 8.10.